The summed E-state index contributed by atoms with van der Waals surface area (Å²) in [6, 6.07) is 2.03. The molecule has 0 aliphatic heterocycles. The molecule has 2 aromatic rings. The molecule has 0 radical (unpaired) electrons. The first-order valence-electron chi connectivity index (χ1n) is 7.81. The molecule has 4 atom stereocenters. The number of fused-ring (bicyclic) bond motifs is 3. The number of carbonyl (C=O) groups is 1. The number of amides is 1. The standard InChI is InChI=1S/C16H20N4O/c1-10(13-8-11-3-4-12(13)7-11)19-16(21)14-9-18-20-6-2-5-17-15(14)20/h2,5-6,9-13H,3-4,7-8H2,1H3,(H,19,21)/t10-,11-,12-,13-/m0/s1. The lowest BCUT2D eigenvalue weighted by atomic mass is 9.84. The average molecular weight is 284 g/mol. The minimum Gasteiger partial charge on any atom is -0.349 e. The Morgan fingerprint density at radius 1 is 1.43 bits per heavy atom. The minimum atomic E-state index is -0.0565. The van der Waals surface area contributed by atoms with E-state index in [1.165, 1.54) is 25.7 Å². The van der Waals surface area contributed by atoms with Crippen molar-refractivity contribution in [3.63, 3.8) is 0 Å². The summed E-state index contributed by atoms with van der Waals surface area (Å²) in [5.74, 6) is 2.30. The number of nitrogens with zero attached hydrogens (tertiary/aromatic N) is 3. The van der Waals surface area contributed by atoms with Crippen molar-refractivity contribution in [3.05, 3.63) is 30.2 Å². The Morgan fingerprint density at radius 3 is 3.10 bits per heavy atom. The van der Waals surface area contributed by atoms with E-state index in [9.17, 15) is 4.79 Å². The fraction of sp³-hybridized carbons (Fsp3) is 0.562. The number of aromatic nitrogens is 3. The number of rotatable bonds is 3. The van der Waals surface area contributed by atoms with Crippen LogP contribution in [-0.4, -0.2) is 26.5 Å². The molecule has 2 fully saturated rings. The maximum atomic E-state index is 12.5. The van der Waals surface area contributed by atoms with Gasteiger partial charge in [-0.05, 0) is 50.0 Å². The third kappa shape index (κ3) is 2.11. The van der Waals surface area contributed by atoms with Gasteiger partial charge in [0.2, 0.25) is 0 Å². The molecular formula is C16H20N4O. The van der Waals surface area contributed by atoms with E-state index < -0.39 is 0 Å². The van der Waals surface area contributed by atoms with E-state index >= 15 is 0 Å². The van der Waals surface area contributed by atoms with Crippen LogP contribution in [0.2, 0.25) is 0 Å². The van der Waals surface area contributed by atoms with E-state index in [1.807, 2.05) is 0 Å². The van der Waals surface area contributed by atoms with Crippen LogP contribution in [0.25, 0.3) is 5.65 Å². The summed E-state index contributed by atoms with van der Waals surface area (Å²) in [6.07, 6.45) is 10.5. The molecule has 5 nitrogen and oxygen atoms in total. The Morgan fingerprint density at radius 2 is 2.33 bits per heavy atom. The summed E-state index contributed by atoms with van der Waals surface area (Å²) < 4.78 is 1.64. The largest absolute Gasteiger partial charge is 0.349 e. The topological polar surface area (TPSA) is 59.3 Å². The second kappa shape index (κ2) is 4.83. The Bertz CT molecular complexity index is 680. The first kappa shape index (κ1) is 12.8. The average Bonchev–Trinajstić information content (AvgIpc) is 3.21. The molecule has 0 unspecified atom stereocenters. The molecule has 4 rings (SSSR count). The van der Waals surface area contributed by atoms with Crippen molar-refractivity contribution in [3.8, 4) is 0 Å². The van der Waals surface area contributed by atoms with Crippen molar-refractivity contribution >= 4 is 11.6 Å². The zero-order chi connectivity index (χ0) is 14.4. The molecule has 2 heterocycles. The molecular weight excluding hydrogens is 264 g/mol. The summed E-state index contributed by atoms with van der Waals surface area (Å²) in [6.45, 7) is 2.14. The van der Waals surface area contributed by atoms with Gasteiger partial charge in [0.25, 0.3) is 5.91 Å². The number of hydrogen-bond donors (Lipinski definition) is 1. The Balaban J connectivity index is 1.50. The molecule has 2 aliphatic rings. The molecule has 0 aromatic carbocycles. The SMILES string of the molecule is C[C@H](NC(=O)c1cnn2cccnc12)[C@@H]1C[C@H]2CC[C@H]1C2. The van der Waals surface area contributed by atoms with E-state index in [0.29, 0.717) is 17.1 Å². The molecule has 1 N–H and O–H groups in total. The van der Waals surface area contributed by atoms with Crippen LogP contribution in [0.3, 0.4) is 0 Å². The van der Waals surface area contributed by atoms with Gasteiger partial charge in [0.15, 0.2) is 5.65 Å². The van der Waals surface area contributed by atoms with Crippen molar-refractivity contribution in [2.75, 3.05) is 0 Å². The molecule has 2 saturated carbocycles. The van der Waals surface area contributed by atoms with Crippen LogP contribution >= 0.6 is 0 Å². The van der Waals surface area contributed by atoms with Gasteiger partial charge in [0.05, 0.1) is 6.20 Å². The van der Waals surface area contributed by atoms with E-state index in [-0.39, 0.29) is 11.9 Å². The molecule has 110 valence electrons. The fourth-order valence-electron chi connectivity index (χ4n) is 4.29. The van der Waals surface area contributed by atoms with Gasteiger partial charge < -0.3 is 5.32 Å². The number of hydrogen-bond acceptors (Lipinski definition) is 3. The van der Waals surface area contributed by atoms with Gasteiger partial charge in [-0.15, -0.1) is 0 Å². The zero-order valence-electron chi connectivity index (χ0n) is 12.2. The highest BCUT2D eigenvalue weighted by Crippen LogP contribution is 2.49. The van der Waals surface area contributed by atoms with E-state index in [2.05, 4.69) is 22.3 Å². The van der Waals surface area contributed by atoms with Crippen LogP contribution in [0.15, 0.2) is 24.7 Å². The van der Waals surface area contributed by atoms with Crippen molar-refractivity contribution in [2.45, 2.75) is 38.6 Å². The summed E-state index contributed by atoms with van der Waals surface area (Å²) >= 11 is 0. The molecule has 2 aliphatic carbocycles. The lowest BCUT2D eigenvalue weighted by Gasteiger charge is -2.28. The van der Waals surface area contributed by atoms with Gasteiger partial charge >= 0.3 is 0 Å². The maximum absolute atomic E-state index is 12.5. The first-order chi connectivity index (χ1) is 10.2. The van der Waals surface area contributed by atoms with Gasteiger partial charge in [-0.3, -0.25) is 4.79 Å². The Kier molecular flexibility index (Phi) is 2.94. The van der Waals surface area contributed by atoms with Crippen LogP contribution in [0.5, 0.6) is 0 Å². The van der Waals surface area contributed by atoms with Crippen LogP contribution in [-0.2, 0) is 0 Å². The second-order valence-corrected chi connectivity index (χ2v) is 6.55. The van der Waals surface area contributed by atoms with Crippen LogP contribution < -0.4 is 5.32 Å². The predicted molar refractivity (Wildman–Crippen MR) is 78.9 cm³/mol. The van der Waals surface area contributed by atoms with Crippen LogP contribution in [0.4, 0.5) is 0 Å². The highest BCUT2D eigenvalue weighted by atomic mass is 16.1. The first-order valence-corrected chi connectivity index (χ1v) is 7.81. The van der Waals surface area contributed by atoms with Crippen molar-refractivity contribution in [2.24, 2.45) is 17.8 Å². The molecule has 1 amide bonds. The lowest BCUT2D eigenvalue weighted by molar-refractivity contribution is 0.0917. The zero-order valence-corrected chi connectivity index (χ0v) is 12.2. The van der Waals surface area contributed by atoms with Crippen molar-refractivity contribution < 1.29 is 4.79 Å². The normalized spacial score (nSPS) is 28.9. The van der Waals surface area contributed by atoms with E-state index in [0.717, 1.165) is 11.8 Å². The second-order valence-electron chi connectivity index (χ2n) is 6.55. The van der Waals surface area contributed by atoms with Crippen LogP contribution in [0, 0.1) is 17.8 Å². The number of nitrogens with one attached hydrogen (secondary N) is 1. The molecule has 2 aromatic heterocycles. The summed E-state index contributed by atoms with van der Waals surface area (Å²) in [7, 11) is 0. The van der Waals surface area contributed by atoms with Gasteiger partial charge in [-0.2, -0.15) is 5.10 Å². The summed E-state index contributed by atoms with van der Waals surface area (Å²) in [4.78, 5) is 16.7. The lowest BCUT2D eigenvalue weighted by Crippen LogP contribution is -2.40. The molecule has 0 saturated heterocycles. The highest BCUT2D eigenvalue weighted by molar-refractivity contribution is 5.99. The molecule has 0 spiro atoms. The van der Waals surface area contributed by atoms with Gasteiger partial charge in [0, 0.05) is 18.4 Å². The molecule has 5 heteroatoms. The van der Waals surface area contributed by atoms with Gasteiger partial charge in [-0.1, -0.05) is 6.42 Å². The van der Waals surface area contributed by atoms with Gasteiger partial charge in [-0.25, -0.2) is 9.50 Å². The number of carbonyl (C=O) groups excluding carboxylic acids is 1. The fourth-order valence-corrected chi connectivity index (χ4v) is 4.29. The van der Waals surface area contributed by atoms with Crippen molar-refractivity contribution in [1.82, 2.24) is 19.9 Å². The molecule has 21 heavy (non-hydrogen) atoms. The third-order valence-corrected chi connectivity index (χ3v) is 5.32. The molecule has 2 bridgehead atoms. The van der Waals surface area contributed by atoms with Crippen LogP contribution in [0.1, 0.15) is 43.0 Å². The Labute approximate surface area is 123 Å². The minimum absolute atomic E-state index is 0.0565. The highest BCUT2D eigenvalue weighted by Gasteiger charge is 2.42. The third-order valence-electron chi connectivity index (χ3n) is 5.32. The smallest absolute Gasteiger partial charge is 0.256 e. The van der Waals surface area contributed by atoms with E-state index in [1.54, 1.807) is 29.2 Å². The maximum Gasteiger partial charge on any atom is 0.256 e. The monoisotopic (exact) mass is 284 g/mol. The van der Waals surface area contributed by atoms with E-state index in [4.69, 9.17) is 0 Å². The summed E-state index contributed by atoms with van der Waals surface area (Å²) in [5.41, 5.74) is 1.18. The Hall–Kier alpha value is -1.91. The summed E-state index contributed by atoms with van der Waals surface area (Å²) in [5, 5.41) is 7.35. The quantitative estimate of drug-likeness (QED) is 0.940. The van der Waals surface area contributed by atoms with Gasteiger partial charge in [0.1, 0.15) is 5.56 Å². The van der Waals surface area contributed by atoms with Crippen molar-refractivity contribution in [1.29, 1.82) is 0 Å². The predicted octanol–water partition coefficient (Wildman–Crippen LogP) is 2.28.